The Labute approximate surface area is 390 Å². The largest absolute Gasteiger partial charge is 0.310 e. The molecule has 1 aromatic heterocycles. The molecule has 0 spiro atoms. The maximum absolute atomic E-state index is 2.45. The number of benzene rings is 11. The summed E-state index contributed by atoms with van der Waals surface area (Å²) in [6.07, 6.45) is 0. The van der Waals surface area contributed by atoms with Crippen LogP contribution in [0.3, 0.4) is 0 Å². The van der Waals surface area contributed by atoms with Crippen molar-refractivity contribution < 1.29 is 0 Å². The van der Waals surface area contributed by atoms with Gasteiger partial charge in [0, 0.05) is 33.2 Å². The zero-order valence-corrected chi connectivity index (χ0v) is 36.8. The summed E-state index contributed by atoms with van der Waals surface area (Å²) < 4.78 is 2.45. The zero-order valence-electron chi connectivity index (χ0n) is 36.8. The van der Waals surface area contributed by atoms with Gasteiger partial charge < -0.3 is 9.47 Å². The maximum atomic E-state index is 2.45. The van der Waals surface area contributed by atoms with Crippen LogP contribution in [0.1, 0.15) is 22.3 Å². The predicted molar refractivity (Wildman–Crippen MR) is 281 cm³/mol. The van der Waals surface area contributed by atoms with Gasteiger partial charge in [-0.15, -0.1) is 0 Å². The Morgan fingerprint density at radius 1 is 0.299 bits per heavy atom. The van der Waals surface area contributed by atoms with Crippen molar-refractivity contribution >= 4 is 49.6 Å². The summed E-state index contributed by atoms with van der Waals surface area (Å²) in [5.74, 6) is 0. The van der Waals surface area contributed by atoms with Crippen molar-refractivity contribution in [2.75, 3.05) is 4.90 Å². The molecule has 0 bridgehead atoms. The summed E-state index contributed by atoms with van der Waals surface area (Å²) in [6, 6.07) is 98.0. The lowest BCUT2D eigenvalue weighted by Gasteiger charge is -2.35. The van der Waals surface area contributed by atoms with E-state index in [4.69, 9.17) is 0 Å². The van der Waals surface area contributed by atoms with Crippen molar-refractivity contribution in [1.29, 1.82) is 0 Å². The Balaban J connectivity index is 0.940. The summed E-state index contributed by atoms with van der Waals surface area (Å²) in [7, 11) is 0. The molecule has 12 aromatic rings. The molecule has 0 unspecified atom stereocenters. The molecule has 2 heteroatoms. The van der Waals surface area contributed by atoms with Gasteiger partial charge in [0.25, 0.3) is 0 Å². The molecule has 0 amide bonds. The molecule has 314 valence electrons. The van der Waals surface area contributed by atoms with Crippen LogP contribution in [0, 0.1) is 0 Å². The number of nitrogens with zero attached hydrogens (tertiary/aromatic N) is 2. The molecular formula is C65H44N2. The van der Waals surface area contributed by atoms with E-state index in [9.17, 15) is 0 Å². The van der Waals surface area contributed by atoms with Gasteiger partial charge in [0.15, 0.2) is 0 Å². The molecular weight excluding hydrogens is 809 g/mol. The zero-order chi connectivity index (χ0) is 44.3. The SMILES string of the molecule is c1ccc(N(c2cccc(-c3cccc(-c4ccc5c6ccccc6n(-c6cccc7ccccc67)c5c4)c3)c2)c2ccc3c(c2)C(c2ccccc2)(c2ccccc2)c2ccccc2-3)cc1. The van der Waals surface area contributed by atoms with Crippen LogP contribution < -0.4 is 4.90 Å². The molecule has 0 saturated heterocycles. The van der Waals surface area contributed by atoms with E-state index in [2.05, 4.69) is 276 Å². The Hall–Kier alpha value is -8.72. The second-order valence-corrected chi connectivity index (χ2v) is 17.6. The van der Waals surface area contributed by atoms with Gasteiger partial charge in [0.05, 0.1) is 22.1 Å². The van der Waals surface area contributed by atoms with E-state index in [0.29, 0.717) is 0 Å². The average Bonchev–Trinajstić information content (AvgIpc) is 3.89. The highest BCUT2D eigenvalue weighted by Crippen LogP contribution is 2.57. The molecule has 67 heavy (non-hydrogen) atoms. The molecule has 1 heterocycles. The van der Waals surface area contributed by atoms with E-state index in [1.165, 1.54) is 88.3 Å². The fourth-order valence-corrected chi connectivity index (χ4v) is 11.1. The second kappa shape index (κ2) is 15.8. The first-order valence-electron chi connectivity index (χ1n) is 23.2. The molecule has 2 nitrogen and oxygen atoms in total. The molecule has 0 saturated carbocycles. The summed E-state index contributed by atoms with van der Waals surface area (Å²) in [4.78, 5) is 2.41. The minimum atomic E-state index is -0.499. The molecule has 0 N–H and O–H groups in total. The van der Waals surface area contributed by atoms with Gasteiger partial charge in [-0.05, 0) is 122 Å². The topological polar surface area (TPSA) is 8.17 Å². The minimum Gasteiger partial charge on any atom is -0.310 e. The summed E-state index contributed by atoms with van der Waals surface area (Å²) >= 11 is 0. The van der Waals surface area contributed by atoms with E-state index < -0.39 is 5.41 Å². The van der Waals surface area contributed by atoms with Gasteiger partial charge in [-0.2, -0.15) is 0 Å². The lowest BCUT2D eigenvalue weighted by Crippen LogP contribution is -2.28. The molecule has 1 aliphatic rings. The van der Waals surface area contributed by atoms with Gasteiger partial charge in [-0.25, -0.2) is 0 Å². The summed E-state index contributed by atoms with van der Waals surface area (Å²) in [6.45, 7) is 0. The first kappa shape index (κ1) is 38.7. The van der Waals surface area contributed by atoms with Gasteiger partial charge in [-0.3, -0.25) is 0 Å². The van der Waals surface area contributed by atoms with E-state index in [1.807, 2.05) is 0 Å². The Morgan fingerprint density at radius 3 is 1.61 bits per heavy atom. The van der Waals surface area contributed by atoms with Crippen molar-refractivity contribution in [3.63, 3.8) is 0 Å². The highest BCUT2D eigenvalue weighted by molar-refractivity contribution is 6.11. The van der Waals surface area contributed by atoms with E-state index in [-0.39, 0.29) is 0 Å². The fraction of sp³-hybridized carbons (Fsp3) is 0.0154. The van der Waals surface area contributed by atoms with Crippen LogP contribution in [0.5, 0.6) is 0 Å². The third-order valence-electron chi connectivity index (χ3n) is 14.0. The van der Waals surface area contributed by atoms with E-state index >= 15 is 0 Å². The van der Waals surface area contributed by atoms with Crippen LogP contribution in [-0.2, 0) is 5.41 Å². The third kappa shape index (κ3) is 6.18. The van der Waals surface area contributed by atoms with Crippen molar-refractivity contribution in [3.8, 4) is 39.1 Å². The maximum Gasteiger partial charge on any atom is 0.0714 e. The summed E-state index contributed by atoms with van der Waals surface area (Å²) in [5.41, 5.74) is 18.7. The molecule has 0 fully saturated rings. The van der Waals surface area contributed by atoms with Crippen molar-refractivity contribution in [3.05, 3.63) is 289 Å². The Kier molecular flexibility index (Phi) is 9.11. The van der Waals surface area contributed by atoms with E-state index in [0.717, 1.165) is 22.6 Å². The number of anilines is 3. The smallest absolute Gasteiger partial charge is 0.0714 e. The number of rotatable bonds is 8. The number of hydrogen-bond donors (Lipinski definition) is 0. The van der Waals surface area contributed by atoms with E-state index in [1.54, 1.807) is 0 Å². The first-order valence-corrected chi connectivity index (χ1v) is 23.2. The van der Waals surface area contributed by atoms with Crippen molar-refractivity contribution in [2.24, 2.45) is 0 Å². The van der Waals surface area contributed by atoms with Gasteiger partial charge in [0.2, 0.25) is 0 Å². The van der Waals surface area contributed by atoms with Crippen LogP contribution in [0.25, 0.3) is 71.6 Å². The van der Waals surface area contributed by atoms with Crippen molar-refractivity contribution in [1.82, 2.24) is 4.57 Å². The number of para-hydroxylation sites is 2. The van der Waals surface area contributed by atoms with Gasteiger partial charge >= 0.3 is 0 Å². The van der Waals surface area contributed by atoms with Crippen molar-refractivity contribution in [2.45, 2.75) is 5.41 Å². The van der Waals surface area contributed by atoms with Crippen LogP contribution in [0.15, 0.2) is 267 Å². The molecule has 0 atom stereocenters. The number of fused-ring (bicyclic) bond motifs is 7. The highest BCUT2D eigenvalue weighted by atomic mass is 15.1. The monoisotopic (exact) mass is 852 g/mol. The molecule has 13 rings (SSSR count). The first-order chi connectivity index (χ1) is 33.2. The standard InChI is InChI=1S/C65H44N2/c1-4-24-50(25-5-1)65(51-26-6-2-7-27-51)60-34-14-12-32-56(60)57-40-38-54(44-61(57)65)66(52-28-8-3-9-29-52)53-30-17-23-48(42-53)46-21-16-22-47(41-46)49-37-39-59-58-33-13-15-35-63(58)67(64(59)43-49)62-36-18-20-45-19-10-11-31-55(45)62/h1-44H. The van der Waals surface area contributed by atoms with Crippen LogP contribution in [-0.4, -0.2) is 4.57 Å². The Morgan fingerprint density at radius 2 is 0.836 bits per heavy atom. The normalized spacial score (nSPS) is 12.6. The lowest BCUT2D eigenvalue weighted by molar-refractivity contribution is 0.768. The quantitative estimate of drug-likeness (QED) is 0.148. The minimum absolute atomic E-state index is 0.499. The molecule has 0 radical (unpaired) electrons. The van der Waals surface area contributed by atoms with Gasteiger partial charge in [0.1, 0.15) is 0 Å². The highest BCUT2D eigenvalue weighted by Gasteiger charge is 2.46. The molecule has 0 aliphatic heterocycles. The second-order valence-electron chi connectivity index (χ2n) is 17.6. The third-order valence-corrected chi connectivity index (χ3v) is 14.0. The van der Waals surface area contributed by atoms with Crippen LogP contribution in [0.4, 0.5) is 17.1 Å². The van der Waals surface area contributed by atoms with Crippen LogP contribution >= 0.6 is 0 Å². The average molecular weight is 853 g/mol. The predicted octanol–water partition coefficient (Wildman–Crippen LogP) is 17.1. The fourth-order valence-electron chi connectivity index (χ4n) is 11.1. The van der Waals surface area contributed by atoms with Gasteiger partial charge in [-0.1, -0.05) is 206 Å². The van der Waals surface area contributed by atoms with Crippen LogP contribution in [0.2, 0.25) is 0 Å². The lowest BCUT2D eigenvalue weighted by atomic mass is 9.67. The molecule has 1 aliphatic carbocycles. The Bertz CT molecular complexity index is 3770. The summed E-state index contributed by atoms with van der Waals surface area (Å²) in [5, 5.41) is 4.97. The number of hydrogen-bond acceptors (Lipinski definition) is 1. The molecule has 11 aromatic carbocycles. The number of aromatic nitrogens is 1.